The molecular weight excluding hydrogens is 374 g/mol. The second kappa shape index (κ2) is 9.27. The third-order valence-electron chi connectivity index (χ3n) is 6.21. The summed E-state index contributed by atoms with van der Waals surface area (Å²) < 4.78 is 23.3. The van der Waals surface area contributed by atoms with Crippen molar-refractivity contribution < 1.29 is 13.2 Å². The summed E-state index contributed by atoms with van der Waals surface area (Å²) in [5.74, 6) is 0.189. The van der Waals surface area contributed by atoms with Gasteiger partial charge in [0.05, 0.1) is 18.1 Å². The van der Waals surface area contributed by atoms with Crippen LogP contribution in [0.15, 0.2) is 24.3 Å². The van der Waals surface area contributed by atoms with E-state index in [0.29, 0.717) is 12.5 Å². The van der Waals surface area contributed by atoms with Crippen molar-refractivity contribution in [1.82, 2.24) is 9.80 Å². The molecule has 28 heavy (non-hydrogen) atoms. The molecule has 1 unspecified atom stereocenters. The molecule has 0 spiro atoms. The zero-order valence-electron chi connectivity index (χ0n) is 17.1. The molecule has 1 aromatic rings. The summed E-state index contributed by atoms with van der Waals surface area (Å²) in [5.41, 5.74) is 2.17. The lowest BCUT2D eigenvalue weighted by Gasteiger charge is -2.31. The highest BCUT2D eigenvalue weighted by atomic mass is 32.2. The number of nitrogens with one attached hydrogen (secondary N) is 1. The number of rotatable bonds is 7. The molecule has 1 aliphatic carbocycles. The third kappa shape index (κ3) is 5.47. The van der Waals surface area contributed by atoms with Crippen LogP contribution in [0.1, 0.15) is 44.1 Å². The second-order valence-electron chi connectivity index (χ2n) is 8.28. The Morgan fingerprint density at radius 3 is 2.46 bits per heavy atom. The SMILES string of the molecule is CN(Cc1ccccc1NCC(=O)N(C)C1CCS(=O)(=O)C1)C1CCCCC1. The summed E-state index contributed by atoms with van der Waals surface area (Å²) in [6.45, 7) is 1.04. The number of carbonyl (C=O) groups excluding carboxylic acids is 1. The maximum atomic E-state index is 12.6. The Morgan fingerprint density at radius 2 is 1.79 bits per heavy atom. The van der Waals surface area contributed by atoms with E-state index in [9.17, 15) is 13.2 Å². The van der Waals surface area contributed by atoms with Crippen LogP contribution in [0.3, 0.4) is 0 Å². The first kappa shape index (κ1) is 21.1. The molecule has 1 saturated carbocycles. The Labute approximate surface area is 169 Å². The van der Waals surface area contributed by atoms with E-state index in [1.165, 1.54) is 37.7 Å². The van der Waals surface area contributed by atoms with Crippen molar-refractivity contribution in [2.45, 2.75) is 57.2 Å². The van der Waals surface area contributed by atoms with Crippen LogP contribution in [-0.2, 0) is 21.2 Å². The average Bonchev–Trinajstić information content (AvgIpc) is 3.06. The number of amides is 1. The number of hydrogen-bond acceptors (Lipinski definition) is 5. The highest BCUT2D eigenvalue weighted by molar-refractivity contribution is 7.91. The average molecular weight is 408 g/mol. The topological polar surface area (TPSA) is 69.7 Å². The molecule has 1 aliphatic heterocycles. The first-order chi connectivity index (χ1) is 13.4. The summed E-state index contributed by atoms with van der Waals surface area (Å²) >= 11 is 0. The van der Waals surface area contributed by atoms with Crippen LogP contribution in [0.5, 0.6) is 0 Å². The predicted octanol–water partition coefficient (Wildman–Crippen LogP) is 2.51. The number of nitrogens with zero attached hydrogens (tertiary/aromatic N) is 2. The van der Waals surface area contributed by atoms with E-state index in [4.69, 9.17) is 0 Å². The van der Waals surface area contributed by atoms with Crippen LogP contribution in [0.4, 0.5) is 5.69 Å². The van der Waals surface area contributed by atoms with Gasteiger partial charge >= 0.3 is 0 Å². The first-order valence-electron chi connectivity index (χ1n) is 10.3. The van der Waals surface area contributed by atoms with E-state index >= 15 is 0 Å². The van der Waals surface area contributed by atoms with Crippen molar-refractivity contribution in [1.29, 1.82) is 0 Å². The van der Waals surface area contributed by atoms with E-state index in [1.54, 1.807) is 11.9 Å². The van der Waals surface area contributed by atoms with Crippen molar-refractivity contribution in [2.24, 2.45) is 0 Å². The molecule has 156 valence electrons. The molecule has 0 bridgehead atoms. The highest BCUT2D eigenvalue weighted by Gasteiger charge is 2.32. The number of carbonyl (C=O) groups is 1. The van der Waals surface area contributed by atoms with Crippen molar-refractivity contribution in [2.75, 3.05) is 37.5 Å². The van der Waals surface area contributed by atoms with Gasteiger partial charge in [-0.2, -0.15) is 0 Å². The Morgan fingerprint density at radius 1 is 1.07 bits per heavy atom. The quantitative estimate of drug-likeness (QED) is 0.752. The van der Waals surface area contributed by atoms with Crippen molar-refractivity contribution >= 4 is 21.4 Å². The molecule has 1 aromatic carbocycles. The molecule has 1 atom stereocenters. The summed E-state index contributed by atoms with van der Waals surface area (Å²) in [4.78, 5) is 16.6. The molecule has 7 heteroatoms. The van der Waals surface area contributed by atoms with E-state index < -0.39 is 9.84 Å². The van der Waals surface area contributed by atoms with Crippen LogP contribution in [0.25, 0.3) is 0 Å². The molecule has 2 aliphatic rings. The largest absolute Gasteiger partial charge is 0.376 e. The standard InChI is InChI=1S/C21H33N3O3S/c1-23(18-9-4-3-5-10-18)15-17-8-6-7-11-20(17)22-14-21(25)24(2)19-12-13-28(26,27)16-19/h6-8,11,18-19,22H,3-5,9-10,12-16H2,1-2H3. The lowest BCUT2D eigenvalue weighted by Crippen LogP contribution is -2.41. The number of sulfone groups is 1. The number of benzene rings is 1. The zero-order chi connectivity index (χ0) is 20.1. The van der Waals surface area contributed by atoms with Gasteiger partial charge in [0.1, 0.15) is 0 Å². The normalized spacial score (nSPS) is 22.3. The number of para-hydroxylation sites is 1. The third-order valence-corrected chi connectivity index (χ3v) is 7.97. The second-order valence-corrected chi connectivity index (χ2v) is 10.5. The van der Waals surface area contributed by atoms with Crippen LogP contribution >= 0.6 is 0 Å². The van der Waals surface area contributed by atoms with Crippen LogP contribution < -0.4 is 5.32 Å². The van der Waals surface area contributed by atoms with Gasteiger partial charge in [0.25, 0.3) is 0 Å². The molecule has 2 fully saturated rings. The predicted molar refractivity (Wildman–Crippen MR) is 113 cm³/mol. The van der Waals surface area contributed by atoms with Gasteiger partial charge in [-0.25, -0.2) is 8.42 Å². The molecule has 1 saturated heterocycles. The van der Waals surface area contributed by atoms with E-state index in [2.05, 4.69) is 23.3 Å². The van der Waals surface area contributed by atoms with Gasteiger partial charge in [0.15, 0.2) is 9.84 Å². The molecule has 6 nitrogen and oxygen atoms in total. The molecule has 1 N–H and O–H groups in total. The summed E-state index contributed by atoms with van der Waals surface area (Å²) in [5, 5.41) is 3.28. The smallest absolute Gasteiger partial charge is 0.241 e. The molecular formula is C21H33N3O3S. The fourth-order valence-electron chi connectivity index (χ4n) is 4.33. The van der Waals surface area contributed by atoms with Crippen molar-refractivity contribution in [3.05, 3.63) is 29.8 Å². The molecule has 1 amide bonds. The lowest BCUT2D eigenvalue weighted by molar-refractivity contribution is -0.129. The Balaban J connectivity index is 1.56. The minimum Gasteiger partial charge on any atom is -0.376 e. The monoisotopic (exact) mass is 407 g/mol. The molecule has 0 radical (unpaired) electrons. The van der Waals surface area contributed by atoms with Crippen LogP contribution in [0, 0.1) is 0 Å². The maximum absolute atomic E-state index is 12.6. The minimum absolute atomic E-state index is 0.0717. The van der Waals surface area contributed by atoms with Gasteiger partial charge in [-0.3, -0.25) is 9.69 Å². The number of anilines is 1. The number of likely N-dealkylation sites (N-methyl/N-ethyl adjacent to an activating group) is 1. The Hall–Kier alpha value is -1.60. The van der Waals surface area contributed by atoms with Gasteiger partial charge in [-0.15, -0.1) is 0 Å². The van der Waals surface area contributed by atoms with E-state index in [-0.39, 0.29) is 30.0 Å². The molecule has 1 heterocycles. The summed E-state index contributed by atoms with van der Waals surface area (Å²) in [7, 11) is 0.901. The van der Waals surface area contributed by atoms with Crippen LogP contribution in [-0.4, -0.2) is 68.4 Å². The van der Waals surface area contributed by atoms with Crippen molar-refractivity contribution in [3.63, 3.8) is 0 Å². The minimum atomic E-state index is -2.99. The molecule has 3 rings (SSSR count). The van der Waals surface area contributed by atoms with Gasteiger partial charge in [-0.05, 0) is 37.9 Å². The van der Waals surface area contributed by atoms with Gasteiger partial charge in [0.2, 0.25) is 5.91 Å². The fraction of sp³-hybridized carbons (Fsp3) is 0.667. The fourth-order valence-corrected chi connectivity index (χ4v) is 6.10. The van der Waals surface area contributed by atoms with Crippen molar-refractivity contribution in [3.8, 4) is 0 Å². The van der Waals surface area contributed by atoms with Crippen LogP contribution in [0.2, 0.25) is 0 Å². The Kier molecular flexibility index (Phi) is 6.99. The lowest BCUT2D eigenvalue weighted by atomic mass is 9.94. The summed E-state index contributed by atoms with van der Waals surface area (Å²) in [6, 6.07) is 8.57. The highest BCUT2D eigenvalue weighted by Crippen LogP contribution is 2.25. The van der Waals surface area contributed by atoms with E-state index in [0.717, 1.165) is 12.2 Å². The zero-order valence-corrected chi connectivity index (χ0v) is 17.9. The first-order valence-corrected chi connectivity index (χ1v) is 12.2. The van der Waals surface area contributed by atoms with Gasteiger partial charge in [0, 0.05) is 31.4 Å². The molecule has 0 aromatic heterocycles. The van der Waals surface area contributed by atoms with Gasteiger partial charge < -0.3 is 10.2 Å². The summed E-state index contributed by atoms with van der Waals surface area (Å²) in [6.07, 6.45) is 7.03. The van der Waals surface area contributed by atoms with E-state index in [1.807, 2.05) is 18.2 Å². The maximum Gasteiger partial charge on any atom is 0.241 e. The Bertz CT molecular complexity index is 775. The van der Waals surface area contributed by atoms with Gasteiger partial charge in [-0.1, -0.05) is 37.5 Å². The number of hydrogen-bond donors (Lipinski definition) is 1.